The normalized spacial score (nSPS) is 16.3. The molecular formula is C27H26FN3O4. The molecule has 2 heterocycles. The van der Waals surface area contributed by atoms with Gasteiger partial charge in [-0.2, -0.15) is 0 Å². The van der Waals surface area contributed by atoms with E-state index in [1.165, 1.54) is 19.2 Å². The minimum Gasteiger partial charge on any atom is -0.487 e. The zero-order valence-corrected chi connectivity index (χ0v) is 19.6. The summed E-state index contributed by atoms with van der Waals surface area (Å²) in [7, 11) is 1.35. The summed E-state index contributed by atoms with van der Waals surface area (Å²) >= 11 is 0. The maximum Gasteiger partial charge on any atom is 0.337 e. The molecule has 1 saturated carbocycles. The maximum atomic E-state index is 13.4. The van der Waals surface area contributed by atoms with Gasteiger partial charge in [0.2, 0.25) is 0 Å². The minimum absolute atomic E-state index is 0.0671. The number of amides is 1. The number of carbonyl (C=O) groups excluding carboxylic acids is 2. The van der Waals surface area contributed by atoms with Crippen LogP contribution in [0.1, 0.15) is 44.7 Å². The van der Waals surface area contributed by atoms with Gasteiger partial charge in [-0.15, -0.1) is 0 Å². The van der Waals surface area contributed by atoms with Gasteiger partial charge in [0.25, 0.3) is 5.91 Å². The molecule has 0 bridgehead atoms. The van der Waals surface area contributed by atoms with Crippen LogP contribution >= 0.6 is 0 Å². The number of aryl methyl sites for hydroxylation is 1. The first-order valence-electron chi connectivity index (χ1n) is 11.5. The van der Waals surface area contributed by atoms with E-state index in [-0.39, 0.29) is 17.8 Å². The minimum atomic E-state index is -0.448. The Bertz CT molecular complexity index is 1250. The highest BCUT2D eigenvalue weighted by atomic mass is 19.1. The molecule has 2 aliphatic rings. The van der Waals surface area contributed by atoms with Gasteiger partial charge in [-0.25, -0.2) is 14.2 Å². The van der Waals surface area contributed by atoms with Crippen molar-refractivity contribution in [2.75, 3.05) is 25.1 Å². The number of rotatable bonds is 7. The lowest BCUT2D eigenvalue weighted by Crippen LogP contribution is -2.55. The Morgan fingerprint density at radius 1 is 1.09 bits per heavy atom. The molecule has 3 aromatic rings. The Morgan fingerprint density at radius 3 is 2.40 bits per heavy atom. The summed E-state index contributed by atoms with van der Waals surface area (Å²) < 4.78 is 23.8. The molecule has 7 nitrogen and oxygen atoms in total. The molecule has 0 atom stereocenters. The average Bonchev–Trinajstić information content (AvgIpc) is 3.62. The number of aromatic nitrogens is 1. The molecule has 1 aliphatic heterocycles. The van der Waals surface area contributed by atoms with E-state index in [1.807, 2.05) is 30.0 Å². The molecule has 8 heteroatoms. The first-order chi connectivity index (χ1) is 16.9. The van der Waals surface area contributed by atoms with Crippen LogP contribution in [0.4, 0.5) is 10.2 Å². The van der Waals surface area contributed by atoms with Gasteiger partial charge in [0.1, 0.15) is 23.5 Å². The molecule has 2 fully saturated rings. The van der Waals surface area contributed by atoms with Crippen molar-refractivity contribution in [1.29, 1.82) is 0 Å². The van der Waals surface area contributed by atoms with Gasteiger partial charge >= 0.3 is 5.97 Å². The fraction of sp³-hybridized carbons (Fsp3) is 0.296. The van der Waals surface area contributed by atoms with Crippen LogP contribution in [0, 0.1) is 12.7 Å². The number of methoxy groups -OCH3 is 1. The number of anilines is 1. The Hall–Kier alpha value is -3.94. The summed E-state index contributed by atoms with van der Waals surface area (Å²) in [5, 5.41) is 3.20. The van der Waals surface area contributed by atoms with Gasteiger partial charge in [-0.1, -0.05) is 12.1 Å². The van der Waals surface area contributed by atoms with Crippen molar-refractivity contribution in [2.24, 2.45) is 0 Å². The van der Waals surface area contributed by atoms with Crippen molar-refractivity contribution >= 4 is 17.7 Å². The molecule has 1 aliphatic carbocycles. The van der Waals surface area contributed by atoms with Crippen molar-refractivity contribution in [1.82, 2.24) is 10.3 Å². The molecule has 0 spiro atoms. The molecule has 1 amide bonds. The summed E-state index contributed by atoms with van der Waals surface area (Å²) in [4.78, 5) is 31.7. The second-order valence-corrected chi connectivity index (χ2v) is 9.09. The predicted octanol–water partition coefficient (Wildman–Crippen LogP) is 4.00. The lowest BCUT2D eigenvalue weighted by Gasteiger charge is -2.40. The van der Waals surface area contributed by atoms with Crippen LogP contribution in [0.2, 0.25) is 0 Å². The molecule has 1 saturated heterocycles. The summed E-state index contributed by atoms with van der Waals surface area (Å²) in [5.41, 5.74) is 2.39. The molecule has 0 radical (unpaired) electrons. The van der Waals surface area contributed by atoms with Gasteiger partial charge in [0, 0.05) is 6.20 Å². The molecule has 180 valence electrons. The third-order valence-corrected chi connectivity index (χ3v) is 6.47. The first kappa shape index (κ1) is 22.8. The van der Waals surface area contributed by atoms with Crippen LogP contribution in [0.5, 0.6) is 5.75 Å². The Balaban J connectivity index is 1.28. The van der Waals surface area contributed by atoms with E-state index in [0.717, 1.165) is 24.0 Å². The topological polar surface area (TPSA) is 80.8 Å². The number of hydrogen-bond donors (Lipinski definition) is 1. The predicted molar refractivity (Wildman–Crippen MR) is 128 cm³/mol. The van der Waals surface area contributed by atoms with Gasteiger partial charge < -0.3 is 19.7 Å². The van der Waals surface area contributed by atoms with E-state index >= 15 is 0 Å². The molecule has 35 heavy (non-hydrogen) atoms. The fourth-order valence-corrected chi connectivity index (χ4v) is 4.31. The quantitative estimate of drug-likeness (QED) is 0.521. The molecule has 1 aromatic heterocycles. The molecule has 0 unspecified atom stereocenters. The number of benzene rings is 2. The lowest BCUT2D eigenvalue weighted by atomic mass is 10.0. The smallest absolute Gasteiger partial charge is 0.337 e. The lowest BCUT2D eigenvalue weighted by molar-refractivity contribution is 0.0600. The number of halogens is 1. The van der Waals surface area contributed by atoms with E-state index in [2.05, 4.69) is 10.3 Å². The van der Waals surface area contributed by atoms with Gasteiger partial charge in [-0.05, 0) is 73.4 Å². The number of hydrogen-bond acceptors (Lipinski definition) is 6. The van der Waals surface area contributed by atoms with E-state index in [1.54, 1.807) is 30.5 Å². The highest BCUT2D eigenvalue weighted by molar-refractivity contribution is 6.00. The van der Waals surface area contributed by atoms with Crippen LogP contribution in [0.25, 0.3) is 0 Å². The van der Waals surface area contributed by atoms with Crippen molar-refractivity contribution in [2.45, 2.75) is 31.4 Å². The summed E-state index contributed by atoms with van der Waals surface area (Å²) in [5.74, 6) is 0.342. The number of ether oxygens (including phenoxy) is 2. The number of nitrogens with one attached hydrogen (secondary N) is 1. The number of carbonyl (C=O) groups is 2. The summed E-state index contributed by atoms with van der Waals surface area (Å²) in [6.07, 6.45) is 3.32. The maximum absolute atomic E-state index is 13.4. The number of nitrogens with zero attached hydrogens (tertiary/aromatic N) is 2. The van der Waals surface area contributed by atoms with Crippen LogP contribution in [0.3, 0.4) is 0 Å². The van der Waals surface area contributed by atoms with Crippen molar-refractivity contribution < 1.29 is 23.5 Å². The largest absolute Gasteiger partial charge is 0.487 e. The van der Waals surface area contributed by atoms with Crippen molar-refractivity contribution in [3.05, 3.63) is 88.9 Å². The summed E-state index contributed by atoms with van der Waals surface area (Å²) in [6, 6.07) is 15.0. The van der Waals surface area contributed by atoms with E-state index in [0.29, 0.717) is 35.8 Å². The van der Waals surface area contributed by atoms with E-state index in [9.17, 15) is 14.0 Å². The van der Waals surface area contributed by atoms with E-state index in [4.69, 9.17) is 9.47 Å². The zero-order chi connectivity index (χ0) is 24.6. The van der Waals surface area contributed by atoms with Crippen molar-refractivity contribution in [3.63, 3.8) is 0 Å². The van der Waals surface area contributed by atoms with Gasteiger partial charge in [-0.3, -0.25) is 4.79 Å². The third kappa shape index (κ3) is 4.69. The van der Waals surface area contributed by atoms with Crippen LogP contribution in [-0.4, -0.2) is 43.2 Å². The zero-order valence-electron chi connectivity index (χ0n) is 19.6. The highest BCUT2D eigenvalue weighted by Gasteiger charge is 2.46. The highest BCUT2D eigenvalue weighted by Crippen LogP contribution is 2.46. The molecular weight excluding hydrogens is 449 g/mol. The first-order valence-corrected chi connectivity index (χ1v) is 11.5. The monoisotopic (exact) mass is 475 g/mol. The second-order valence-electron chi connectivity index (χ2n) is 9.09. The van der Waals surface area contributed by atoms with Crippen LogP contribution in [0.15, 0.2) is 60.8 Å². The van der Waals surface area contributed by atoms with Gasteiger partial charge in [0.05, 0.1) is 36.9 Å². The van der Waals surface area contributed by atoms with E-state index < -0.39 is 11.5 Å². The van der Waals surface area contributed by atoms with Gasteiger partial charge in [0.15, 0.2) is 0 Å². The Morgan fingerprint density at radius 2 is 1.77 bits per heavy atom. The van der Waals surface area contributed by atoms with Crippen LogP contribution < -0.4 is 15.0 Å². The fourth-order valence-electron chi connectivity index (χ4n) is 4.31. The summed E-state index contributed by atoms with van der Waals surface area (Å²) in [6.45, 7) is 3.06. The number of pyridine rings is 1. The molecule has 2 aromatic carbocycles. The van der Waals surface area contributed by atoms with Crippen molar-refractivity contribution in [3.8, 4) is 5.75 Å². The molecule has 5 rings (SSSR count). The average molecular weight is 476 g/mol. The standard InChI is InChI=1S/C27H26FN3O4/c1-17-13-23(24(29-14-17)31-15-22(16-31)35-21-9-7-20(28)8-10-21)25(32)30-27(11-12-27)19-5-3-18(4-6-19)26(33)34-2/h3-10,13-14,22H,11-12,15-16H2,1-2H3,(H,30,32). The molecule has 1 N–H and O–H groups in total. The Kier molecular flexibility index (Phi) is 5.88. The Labute approximate surface area is 202 Å². The second kappa shape index (κ2) is 9.02. The SMILES string of the molecule is COC(=O)c1ccc(C2(NC(=O)c3cc(C)cnc3N3CC(Oc4ccc(F)cc4)C3)CC2)cc1. The number of esters is 1. The van der Waals surface area contributed by atoms with Crippen LogP contribution in [-0.2, 0) is 10.3 Å². The third-order valence-electron chi connectivity index (χ3n) is 6.47.